The summed E-state index contributed by atoms with van der Waals surface area (Å²) < 4.78 is 0. The largest absolute Gasteiger partial charge is 0.394 e. The lowest BCUT2D eigenvalue weighted by molar-refractivity contribution is -0.121. The van der Waals surface area contributed by atoms with E-state index < -0.39 is 6.04 Å². The van der Waals surface area contributed by atoms with E-state index in [1.807, 2.05) is 30.3 Å². The molecule has 0 bridgehead atoms. The van der Waals surface area contributed by atoms with Crippen LogP contribution in [0.3, 0.4) is 0 Å². The topological polar surface area (TPSA) is 78.4 Å². The molecule has 0 radical (unpaired) electrons. The third kappa shape index (κ3) is 5.09. The Morgan fingerprint density at radius 1 is 1.04 bits per heavy atom. The van der Waals surface area contributed by atoms with Crippen molar-refractivity contribution in [3.05, 3.63) is 70.7 Å². The number of aliphatic hydroxyl groups excluding tert-OH is 1. The van der Waals surface area contributed by atoms with Crippen LogP contribution in [0.5, 0.6) is 0 Å². The first-order chi connectivity index (χ1) is 11.1. The van der Waals surface area contributed by atoms with Gasteiger partial charge in [0.25, 0.3) is 5.91 Å². The van der Waals surface area contributed by atoms with Crippen LogP contribution in [0, 0.1) is 0 Å². The van der Waals surface area contributed by atoms with Gasteiger partial charge in [-0.25, -0.2) is 0 Å². The molecule has 5 nitrogen and oxygen atoms in total. The van der Waals surface area contributed by atoms with E-state index in [4.69, 9.17) is 11.6 Å². The van der Waals surface area contributed by atoms with Crippen molar-refractivity contribution in [1.82, 2.24) is 10.6 Å². The van der Waals surface area contributed by atoms with E-state index in [0.717, 1.165) is 5.56 Å². The molecule has 0 aromatic heterocycles. The summed E-state index contributed by atoms with van der Waals surface area (Å²) in [6.45, 7) is -0.397. The zero-order chi connectivity index (χ0) is 16.7. The molecule has 0 saturated carbocycles. The van der Waals surface area contributed by atoms with Crippen LogP contribution in [0.2, 0.25) is 5.02 Å². The minimum atomic E-state index is -0.504. The molecular formula is C17H17ClN2O3. The summed E-state index contributed by atoms with van der Waals surface area (Å²) in [5, 5.41) is 15.1. The van der Waals surface area contributed by atoms with Crippen LogP contribution in [-0.4, -0.2) is 30.1 Å². The first kappa shape index (κ1) is 17.0. The fourth-order valence-corrected chi connectivity index (χ4v) is 2.15. The number of hydrogen-bond donors (Lipinski definition) is 3. The monoisotopic (exact) mass is 332 g/mol. The Labute approximate surface area is 139 Å². The van der Waals surface area contributed by atoms with Crippen molar-refractivity contribution in [2.45, 2.75) is 6.04 Å². The molecule has 120 valence electrons. The van der Waals surface area contributed by atoms with Crippen molar-refractivity contribution in [3.63, 3.8) is 0 Å². The van der Waals surface area contributed by atoms with Gasteiger partial charge >= 0.3 is 0 Å². The van der Waals surface area contributed by atoms with Crippen LogP contribution in [0.15, 0.2) is 54.6 Å². The zero-order valence-electron chi connectivity index (χ0n) is 12.3. The molecule has 6 heteroatoms. The van der Waals surface area contributed by atoms with E-state index in [0.29, 0.717) is 10.6 Å². The lowest BCUT2D eigenvalue weighted by Gasteiger charge is -2.17. The summed E-state index contributed by atoms with van der Waals surface area (Å²) >= 11 is 5.76. The predicted molar refractivity (Wildman–Crippen MR) is 88.2 cm³/mol. The summed E-state index contributed by atoms with van der Waals surface area (Å²) in [6.07, 6.45) is 0. The Balaban J connectivity index is 1.87. The second kappa shape index (κ2) is 8.31. The number of aliphatic hydroxyl groups is 1. The van der Waals surface area contributed by atoms with Gasteiger partial charge in [0.15, 0.2) is 0 Å². The summed E-state index contributed by atoms with van der Waals surface area (Å²) in [6, 6.07) is 15.0. The minimum Gasteiger partial charge on any atom is -0.394 e. The van der Waals surface area contributed by atoms with Gasteiger partial charge in [-0.3, -0.25) is 9.59 Å². The van der Waals surface area contributed by atoms with Gasteiger partial charge < -0.3 is 15.7 Å². The first-order valence-corrected chi connectivity index (χ1v) is 7.47. The van der Waals surface area contributed by atoms with Gasteiger partial charge in [-0.15, -0.1) is 0 Å². The van der Waals surface area contributed by atoms with Crippen LogP contribution in [0.4, 0.5) is 0 Å². The molecule has 1 atom stereocenters. The highest BCUT2D eigenvalue weighted by atomic mass is 35.5. The van der Waals surface area contributed by atoms with Crippen LogP contribution < -0.4 is 10.6 Å². The number of benzene rings is 2. The van der Waals surface area contributed by atoms with E-state index in [1.54, 1.807) is 24.3 Å². The normalized spacial score (nSPS) is 11.6. The van der Waals surface area contributed by atoms with Gasteiger partial charge in [0.1, 0.15) is 0 Å². The average Bonchev–Trinajstić information content (AvgIpc) is 2.59. The Bertz CT molecular complexity index is 659. The van der Waals surface area contributed by atoms with Gasteiger partial charge in [-0.05, 0) is 29.8 Å². The van der Waals surface area contributed by atoms with E-state index in [9.17, 15) is 14.7 Å². The number of rotatable bonds is 6. The van der Waals surface area contributed by atoms with E-state index in [2.05, 4.69) is 10.6 Å². The van der Waals surface area contributed by atoms with Gasteiger partial charge in [-0.1, -0.05) is 41.9 Å². The lowest BCUT2D eigenvalue weighted by atomic mass is 10.1. The Morgan fingerprint density at radius 3 is 2.30 bits per heavy atom. The third-order valence-electron chi connectivity index (χ3n) is 3.24. The first-order valence-electron chi connectivity index (χ1n) is 7.09. The molecule has 0 spiro atoms. The number of nitrogens with one attached hydrogen (secondary N) is 2. The molecule has 0 aliphatic rings. The van der Waals surface area contributed by atoms with Gasteiger partial charge in [0, 0.05) is 10.6 Å². The van der Waals surface area contributed by atoms with Crippen LogP contribution in [-0.2, 0) is 4.79 Å². The predicted octanol–water partition coefficient (Wildman–Crippen LogP) is 1.92. The number of halogens is 1. The van der Waals surface area contributed by atoms with Crippen LogP contribution in [0.25, 0.3) is 0 Å². The Hall–Kier alpha value is -2.37. The fraction of sp³-hybridized carbons (Fsp3) is 0.176. The number of hydrogen-bond acceptors (Lipinski definition) is 3. The Kier molecular flexibility index (Phi) is 6.14. The Morgan fingerprint density at radius 2 is 1.70 bits per heavy atom. The maximum absolute atomic E-state index is 11.9. The smallest absolute Gasteiger partial charge is 0.251 e. The standard InChI is InChI=1S/C17H17ClN2O3/c18-14-8-6-13(7-9-14)17(23)19-10-16(22)20-15(11-21)12-4-2-1-3-5-12/h1-9,15,21H,10-11H2,(H,19,23)(H,20,22)/t15-/m0/s1. The summed E-state index contributed by atoms with van der Waals surface area (Å²) in [7, 11) is 0. The third-order valence-corrected chi connectivity index (χ3v) is 3.49. The van der Waals surface area contributed by atoms with Gasteiger partial charge in [0.2, 0.25) is 5.91 Å². The van der Waals surface area contributed by atoms with E-state index in [-0.39, 0.29) is 25.0 Å². The van der Waals surface area contributed by atoms with Crippen molar-refractivity contribution in [3.8, 4) is 0 Å². The molecule has 2 aromatic rings. The molecule has 0 aliphatic heterocycles. The van der Waals surface area contributed by atoms with Gasteiger partial charge in [0.05, 0.1) is 19.2 Å². The quantitative estimate of drug-likeness (QED) is 0.756. The number of amides is 2. The van der Waals surface area contributed by atoms with Crippen LogP contribution in [0.1, 0.15) is 22.0 Å². The van der Waals surface area contributed by atoms with Crippen molar-refractivity contribution >= 4 is 23.4 Å². The average molecular weight is 333 g/mol. The van der Waals surface area contributed by atoms with Gasteiger partial charge in [-0.2, -0.15) is 0 Å². The highest BCUT2D eigenvalue weighted by Gasteiger charge is 2.14. The second-order valence-electron chi connectivity index (χ2n) is 4.90. The zero-order valence-corrected chi connectivity index (χ0v) is 13.1. The molecule has 0 fully saturated rings. The molecule has 2 amide bonds. The fourth-order valence-electron chi connectivity index (χ4n) is 2.03. The summed E-state index contributed by atoms with van der Waals surface area (Å²) in [5.41, 5.74) is 1.22. The highest BCUT2D eigenvalue weighted by molar-refractivity contribution is 6.30. The molecule has 2 rings (SSSR count). The molecular weight excluding hydrogens is 316 g/mol. The molecule has 3 N–H and O–H groups in total. The van der Waals surface area contributed by atoms with E-state index in [1.165, 1.54) is 0 Å². The maximum atomic E-state index is 11.9. The molecule has 2 aromatic carbocycles. The molecule has 23 heavy (non-hydrogen) atoms. The summed E-state index contributed by atoms with van der Waals surface area (Å²) in [4.78, 5) is 23.8. The minimum absolute atomic E-state index is 0.176. The molecule has 0 heterocycles. The molecule has 0 aliphatic carbocycles. The van der Waals surface area contributed by atoms with Crippen molar-refractivity contribution in [1.29, 1.82) is 0 Å². The highest BCUT2D eigenvalue weighted by Crippen LogP contribution is 2.11. The van der Waals surface area contributed by atoms with Crippen LogP contribution >= 0.6 is 11.6 Å². The van der Waals surface area contributed by atoms with Crippen molar-refractivity contribution in [2.24, 2.45) is 0 Å². The van der Waals surface area contributed by atoms with Crippen molar-refractivity contribution < 1.29 is 14.7 Å². The second-order valence-corrected chi connectivity index (χ2v) is 5.34. The maximum Gasteiger partial charge on any atom is 0.251 e. The van der Waals surface area contributed by atoms with Crippen molar-refractivity contribution in [2.75, 3.05) is 13.2 Å². The SMILES string of the molecule is O=C(CNC(=O)c1ccc(Cl)cc1)N[C@@H](CO)c1ccccc1. The van der Waals surface area contributed by atoms with E-state index >= 15 is 0 Å². The molecule has 0 unspecified atom stereocenters. The molecule has 0 saturated heterocycles. The number of carbonyl (C=O) groups excluding carboxylic acids is 2. The lowest BCUT2D eigenvalue weighted by Crippen LogP contribution is -2.39. The number of carbonyl (C=O) groups is 2. The summed E-state index contributed by atoms with van der Waals surface area (Å²) in [5.74, 6) is -0.743.